The Balaban J connectivity index is 1.95. The molecule has 118 valence electrons. The molecule has 21 heavy (non-hydrogen) atoms. The van der Waals surface area contributed by atoms with Gasteiger partial charge in [0.2, 0.25) is 5.89 Å². The number of aromatic nitrogens is 2. The monoisotopic (exact) mass is 294 g/mol. The van der Waals surface area contributed by atoms with Gasteiger partial charge in [0.1, 0.15) is 5.78 Å². The molecule has 1 aromatic heterocycles. The highest BCUT2D eigenvalue weighted by Gasteiger charge is 2.26. The van der Waals surface area contributed by atoms with E-state index in [1.54, 1.807) is 0 Å². The van der Waals surface area contributed by atoms with Crippen molar-refractivity contribution < 1.29 is 9.32 Å². The summed E-state index contributed by atoms with van der Waals surface area (Å²) in [5.74, 6) is 1.24. The molecule has 1 fully saturated rings. The molecule has 1 unspecified atom stereocenters. The number of hydrogen-bond acceptors (Lipinski definition) is 6. The molecule has 1 saturated heterocycles. The van der Waals surface area contributed by atoms with E-state index in [1.807, 2.05) is 20.8 Å². The molecule has 2 rings (SSSR count). The number of Topliss-reactive ketones (excluding diaryl/α,β-unsaturated/α-hetero) is 1. The number of piperazine rings is 1. The average Bonchev–Trinajstić information content (AvgIpc) is 2.80. The van der Waals surface area contributed by atoms with Crippen LogP contribution in [0, 0.1) is 5.41 Å². The second-order valence-corrected chi connectivity index (χ2v) is 7.06. The molecule has 1 aliphatic heterocycles. The van der Waals surface area contributed by atoms with Crippen LogP contribution in [0.3, 0.4) is 0 Å². The highest BCUT2D eigenvalue weighted by molar-refractivity contribution is 5.84. The molecule has 0 bridgehead atoms. The van der Waals surface area contributed by atoms with Crippen molar-refractivity contribution in [3.63, 3.8) is 0 Å². The van der Waals surface area contributed by atoms with Gasteiger partial charge < -0.3 is 14.3 Å². The van der Waals surface area contributed by atoms with Crippen molar-refractivity contribution in [2.24, 2.45) is 5.41 Å². The number of carbonyl (C=O) groups excluding carboxylic acids is 1. The molecule has 0 radical (unpaired) electrons. The van der Waals surface area contributed by atoms with E-state index in [-0.39, 0.29) is 17.6 Å². The maximum Gasteiger partial charge on any atom is 0.234 e. The van der Waals surface area contributed by atoms with Crippen molar-refractivity contribution in [1.29, 1.82) is 0 Å². The summed E-state index contributed by atoms with van der Waals surface area (Å²) in [7, 11) is 4.26. The molecular weight excluding hydrogens is 268 g/mol. The molecule has 0 N–H and O–H groups in total. The van der Waals surface area contributed by atoms with Gasteiger partial charge in [-0.3, -0.25) is 4.79 Å². The number of likely N-dealkylation sites (N-methyl/N-ethyl adjacent to an activating group) is 2. The lowest BCUT2D eigenvalue weighted by Gasteiger charge is -2.37. The number of rotatable bonds is 4. The van der Waals surface area contributed by atoms with Crippen molar-refractivity contribution in [3.8, 4) is 0 Å². The number of hydrogen-bond donors (Lipinski definition) is 0. The maximum atomic E-state index is 12.0. The van der Waals surface area contributed by atoms with Gasteiger partial charge in [-0.15, -0.1) is 0 Å². The molecule has 1 aliphatic rings. The third kappa shape index (κ3) is 4.35. The van der Waals surface area contributed by atoms with Crippen molar-refractivity contribution >= 4 is 5.78 Å². The predicted octanol–water partition coefficient (Wildman–Crippen LogP) is 1.02. The number of ketones is 1. The van der Waals surface area contributed by atoms with Gasteiger partial charge in [-0.2, -0.15) is 4.98 Å². The summed E-state index contributed by atoms with van der Waals surface area (Å²) in [6.07, 6.45) is 0.977. The minimum absolute atomic E-state index is 0.118. The van der Waals surface area contributed by atoms with Gasteiger partial charge in [0.15, 0.2) is 5.82 Å². The van der Waals surface area contributed by atoms with E-state index < -0.39 is 0 Å². The predicted molar refractivity (Wildman–Crippen MR) is 80.1 cm³/mol. The normalized spacial score (nSPS) is 21.7. The lowest BCUT2D eigenvalue weighted by Crippen LogP contribution is -2.50. The molecular formula is C15H26N4O2. The Hall–Kier alpha value is -1.27. The Bertz CT molecular complexity index is 492. The molecule has 0 aromatic carbocycles. The summed E-state index contributed by atoms with van der Waals surface area (Å²) < 4.78 is 5.22. The molecule has 2 heterocycles. The van der Waals surface area contributed by atoms with Crippen LogP contribution >= 0.6 is 0 Å². The third-order valence-corrected chi connectivity index (χ3v) is 4.06. The molecule has 6 heteroatoms. The zero-order valence-electron chi connectivity index (χ0n) is 13.7. The molecule has 0 aliphatic carbocycles. The van der Waals surface area contributed by atoms with E-state index in [0.717, 1.165) is 26.1 Å². The lowest BCUT2D eigenvalue weighted by atomic mass is 9.89. The quantitative estimate of drug-likeness (QED) is 0.826. The Labute approximate surface area is 126 Å². The zero-order valence-corrected chi connectivity index (χ0v) is 13.7. The fourth-order valence-corrected chi connectivity index (χ4v) is 2.38. The standard InChI is InChI=1S/C15H26N4O2/c1-15(2,3)12(20)9-14-16-13(17-21-14)8-11-10-18(4)6-7-19(11)5/h11H,6-10H2,1-5H3. The van der Waals surface area contributed by atoms with Gasteiger partial charge in [0, 0.05) is 37.5 Å². The smallest absolute Gasteiger partial charge is 0.234 e. The van der Waals surface area contributed by atoms with E-state index in [4.69, 9.17) is 4.52 Å². The lowest BCUT2D eigenvalue weighted by molar-refractivity contribution is -0.125. The zero-order chi connectivity index (χ0) is 15.6. The van der Waals surface area contributed by atoms with Crippen LogP contribution in [-0.2, 0) is 17.6 Å². The van der Waals surface area contributed by atoms with Crippen LogP contribution in [0.5, 0.6) is 0 Å². The van der Waals surface area contributed by atoms with Gasteiger partial charge in [-0.1, -0.05) is 25.9 Å². The second kappa shape index (κ2) is 6.23. The van der Waals surface area contributed by atoms with Crippen LogP contribution in [0.1, 0.15) is 32.5 Å². The molecule has 0 saturated carbocycles. The molecule has 0 spiro atoms. The van der Waals surface area contributed by atoms with Crippen molar-refractivity contribution in [3.05, 3.63) is 11.7 Å². The van der Waals surface area contributed by atoms with Crippen LogP contribution in [0.2, 0.25) is 0 Å². The van der Waals surface area contributed by atoms with Crippen molar-refractivity contribution in [2.45, 2.75) is 39.7 Å². The summed E-state index contributed by atoms with van der Waals surface area (Å²) in [6, 6.07) is 0.396. The van der Waals surface area contributed by atoms with Crippen molar-refractivity contribution in [1.82, 2.24) is 19.9 Å². The average molecular weight is 294 g/mol. The summed E-state index contributed by atoms with van der Waals surface area (Å²) in [5, 5.41) is 4.02. The Kier molecular flexibility index (Phi) is 4.78. The first-order chi connectivity index (χ1) is 9.75. The highest BCUT2D eigenvalue weighted by atomic mass is 16.5. The highest BCUT2D eigenvalue weighted by Crippen LogP contribution is 2.17. The van der Waals surface area contributed by atoms with Gasteiger partial charge >= 0.3 is 0 Å². The Morgan fingerprint density at radius 1 is 1.33 bits per heavy atom. The summed E-state index contributed by atoms with van der Waals surface area (Å²) in [6.45, 7) is 8.85. The summed E-state index contributed by atoms with van der Waals surface area (Å²) in [5.41, 5.74) is -0.374. The molecule has 1 aromatic rings. The van der Waals surface area contributed by atoms with Crippen LogP contribution < -0.4 is 0 Å². The third-order valence-electron chi connectivity index (χ3n) is 4.06. The minimum Gasteiger partial charge on any atom is -0.339 e. The van der Waals surface area contributed by atoms with Crippen LogP contribution in [-0.4, -0.2) is 65.5 Å². The van der Waals surface area contributed by atoms with E-state index in [2.05, 4.69) is 34.0 Å². The molecule has 6 nitrogen and oxygen atoms in total. The van der Waals surface area contributed by atoms with Gasteiger partial charge in [0.25, 0.3) is 0 Å². The molecule has 1 atom stereocenters. The van der Waals surface area contributed by atoms with Crippen LogP contribution in [0.4, 0.5) is 0 Å². The number of carbonyl (C=O) groups is 1. The van der Waals surface area contributed by atoms with E-state index in [1.165, 1.54) is 0 Å². The first-order valence-corrected chi connectivity index (χ1v) is 7.49. The maximum absolute atomic E-state index is 12.0. The largest absolute Gasteiger partial charge is 0.339 e. The molecule has 0 amide bonds. The van der Waals surface area contributed by atoms with Crippen LogP contribution in [0.25, 0.3) is 0 Å². The Morgan fingerprint density at radius 2 is 2.05 bits per heavy atom. The van der Waals surface area contributed by atoms with Crippen LogP contribution in [0.15, 0.2) is 4.52 Å². The minimum atomic E-state index is -0.374. The summed E-state index contributed by atoms with van der Waals surface area (Å²) in [4.78, 5) is 21.0. The second-order valence-electron chi connectivity index (χ2n) is 7.06. The van der Waals surface area contributed by atoms with Gasteiger partial charge in [-0.25, -0.2) is 0 Å². The Morgan fingerprint density at radius 3 is 2.71 bits per heavy atom. The topological polar surface area (TPSA) is 62.5 Å². The first-order valence-electron chi connectivity index (χ1n) is 7.49. The summed E-state index contributed by atoms with van der Waals surface area (Å²) >= 11 is 0. The SMILES string of the molecule is CN1CCN(C)C(Cc2noc(CC(=O)C(C)(C)C)n2)C1. The fourth-order valence-electron chi connectivity index (χ4n) is 2.38. The first kappa shape index (κ1) is 16.1. The fraction of sp³-hybridized carbons (Fsp3) is 0.800. The van der Waals surface area contributed by atoms with E-state index in [9.17, 15) is 4.79 Å². The van der Waals surface area contributed by atoms with E-state index >= 15 is 0 Å². The van der Waals surface area contributed by atoms with Gasteiger partial charge in [0.05, 0.1) is 6.42 Å². The van der Waals surface area contributed by atoms with E-state index in [0.29, 0.717) is 17.8 Å². The van der Waals surface area contributed by atoms with Gasteiger partial charge in [-0.05, 0) is 14.1 Å². The van der Waals surface area contributed by atoms with Crippen molar-refractivity contribution in [2.75, 3.05) is 33.7 Å². The number of nitrogens with zero attached hydrogens (tertiary/aromatic N) is 4.